The summed E-state index contributed by atoms with van der Waals surface area (Å²) in [5, 5.41) is 4.11. The van der Waals surface area contributed by atoms with E-state index in [1.165, 1.54) is 11.1 Å². The number of hydrogen-bond donors (Lipinski definition) is 1. The van der Waals surface area contributed by atoms with Crippen LogP contribution in [-0.2, 0) is 13.1 Å². The van der Waals surface area contributed by atoms with Crippen molar-refractivity contribution in [2.45, 2.75) is 13.1 Å². The van der Waals surface area contributed by atoms with Gasteiger partial charge in [0.1, 0.15) is 0 Å². The van der Waals surface area contributed by atoms with Crippen molar-refractivity contribution in [3.63, 3.8) is 0 Å². The highest BCUT2D eigenvalue weighted by molar-refractivity contribution is 6.33. The molecular weight excluding hydrogens is 244 g/mol. The Hall–Kier alpha value is -1.51. The molecule has 0 radical (unpaired) electrons. The molecule has 92 valence electrons. The largest absolute Gasteiger partial charge is 0.354 e. The molecule has 3 rings (SSSR count). The predicted molar refractivity (Wildman–Crippen MR) is 76.3 cm³/mol. The van der Waals surface area contributed by atoms with Gasteiger partial charge < -0.3 is 5.32 Å². The summed E-state index contributed by atoms with van der Waals surface area (Å²) in [5.74, 6) is 0. The van der Waals surface area contributed by atoms with E-state index < -0.39 is 0 Å². The fourth-order valence-corrected chi connectivity index (χ4v) is 2.54. The first-order valence-electron chi connectivity index (χ1n) is 6.04. The van der Waals surface area contributed by atoms with Crippen molar-refractivity contribution < 1.29 is 0 Å². The number of hydrogen-bond acceptors (Lipinski definition) is 2. The Balaban J connectivity index is 1.87. The Morgan fingerprint density at radius 1 is 1.06 bits per heavy atom. The third-order valence-electron chi connectivity index (χ3n) is 3.24. The fourth-order valence-electron chi connectivity index (χ4n) is 2.36. The van der Waals surface area contributed by atoms with Crippen LogP contribution in [0.1, 0.15) is 11.1 Å². The lowest BCUT2D eigenvalue weighted by Gasteiger charge is -2.09. The lowest BCUT2D eigenvalue weighted by molar-refractivity contribution is 0.353. The van der Waals surface area contributed by atoms with Crippen molar-refractivity contribution in [1.82, 2.24) is 4.90 Å². The molecular formula is C15H15ClN2. The molecule has 0 aromatic heterocycles. The van der Waals surface area contributed by atoms with E-state index in [0.29, 0.717) is 0 Å². The van der Waals surface area contributed by atoms with Gasteiger partial charge in [0.05, 0.1) is 10.7 Å². The molecule has 1 N–H and O–H groups in total. The quantitative estimate of drug-likeness (QED) is 0.875. The van der Waals surface area contributed by atoms with E-state index >= 15 is 0 Å². The highest BCUT2D eigenvalue weighted by Crippen LogP contribution is 2.28. The summed E-state index contributed by atoms with van der Waals surface area (Å²) in [6, 6.07) is 14.3. The molecule has 2 aromatic rings. The third-order valence-corrected chi connectivity index (χ3v) is 3.57. The number of nitrogens with one attached hydrogen (secondary N) is 1. The van der Waals surface area contributed by atoms with E-state index in [1.54, 1.807) is 0 Å². The van der Waals surface area contributed by atoms with E-state index in [4.69, 9.17) is 11.6 Å². The molecule has 18 heavy (non-hydrogen) atoms. The van der Waals surface area contributed by atoms with Crippen LogP contribution in [0.2, 0.25) is 5.02 Å². The van der Waals surface area contributed by atoms with Crippen LogP contribution in [0.5, 0.6) is 0 Å². The Labute approximate surface area is 112 Å². The summed E-state index contributed by atoms with van der Waals surface area (Å²) in [6.07, 6.45) is 0. The van der Waals surface area contributed by atoms with E-state index in [2.05, 4.69) is 35.5 Å². The zero-order chi connectivity index (χ0) is 12.5. The van der Waals surface area contributed by atoms with Crippen LogP contribution in [0.25, 0.3) is 0 Å². The molecule has 2 aromatic carbocycles. The molecule has 0 amide bonds. The number of para-hydroxylation sites is 1. The summed E-state index contributed by atoms with van der Waals surface area (Å²) < 4.78 is 0. The molecule has 0 saturated heterocycles. The van der Waals surface area contributed by atoms with Gasteiger partial charge in [0, 0.05) is 18.8 Å². The summed E-state index contributed by atoms with van der Waals surface area (Å²) in [5.41, 5.74) is 4.86. The van der Waals surface area contributed by atoms with Crippen LogP contribution in [0, 0.1) is 0 Å². The minimum atomic E-state index is 0.745. The van der Waals surface area contributed by atoms with Crippen molar-refractivity contribution in [3.8, 4) is 0 Å². The maximum absolute atomic E-state index is 6.14. The van der Waals surface area contributed by atoms with Crippen LogP contribution in [0.15, 0.2) is 42.5 Å². The third kappa shape index (κ3) is 2.22. The predicted octanol–water partition coefficient (Wildman–Crippen LogP) is 4.03. The average Bonchev–Trinajstić information content (AvgIpc) is 2.71. The molecule has 0 spiro atoms. The van der Waals surface area contributed by atoms with Crippen molar-refractivity contribution in [3.05, 3.63) is 58.6 Å². The van der Waals surface area contributed by atoms with Crippen LogP contribution in [-0.4, -0.2) is 11.9 Å². The topological polar surface area (TPSA) is 15.3 Å². The van der Waals surface area contributed by atoms with Crippen LogP contribution in [0.4, 0.5) is 11.4 Å². The highest BCUT2D eigenvalue weighted by atomic mass is 35.5. The molecule has 1 aliphatic rings. The van der Waals surface area contributed by atoms with Crippen molar-refractivity contribution >= 4 is 23.0 Å². The van der Waals surface area contributed by atoms with E-state index in [0.717, 1.165) is 29.5 Å². The molecule has 1 heterocycles. The van der Waals surface area contributed by atoms with Crippen molar-refractivity contribution in [2.75, 3.05) is 12.4 Å². The first-order valence-corrected chi connectivity index (χ1v) is 6.42. The second kappa shape index (κ2) is 4.63. The summed E-state index contributed by atoms with van der Waals surface area (Å²) in [6.45, 7) is 2.06. The van der Waals surface area contributed by atoms with Gasteiger partial charge in [0.15, 0.2) is 0 Å². The molecule has 0 fully saturated rings. The monoisotopic (exact) mass is 258 g/mol. The first-order chi connectivity index (χ1) is 8.72. The van der Waals surface area contributed by atoms with Gasteiger partial charge in [0.25, 0.3) is 0 Å². The molecule has 1 aliphatic heterocycles. The Bertz CT molecular complexity index is 580. The lowest BCUT2D eigenvalue weighted by atomic mass is 10.1. The Morgan fingerprint density at radius 2 is 1.83 bits per heavy atom. The number of benzene rings is 2. The van der Waals surface area contributed by atoms with Crippen LogP contribution >= 0.6 is 11.6 Å². The van der Waals surface area contributed by atoms with Gasteiger partial charge in [-0.2, -0.15) is 0 Å². The smallest absolute Gasteiger partial charge is 0.0640 e. The Morgan fingerprint density at radius 3 is 2.67 bits per heavy atom. The van der Waals surface area contributed by atoms with Gasteiger partial charge in [-0.3, -0.25) is 4.90 Å². The van der Waals surface area contributed by atoms with Gasteiger partial charge in [-0.1, -0.05) is 29.8 Å². The first kappa shape index (κ1) is 11.6. The van der Waals surface area contributed by atoms with Crippen molar-refractivity contribution in [1.29, 1.82) is 0 Å². The lowest BCUT2D eigenvalue weighted by Crippen LogP contribution is -2.07. The van der Waals surface area contributed by atoms with Gasteiger partial charge in [0.2, 0.25) is 0 Å². The second-order valence-corrected chi connectivity index (χ2v) is 5.17. The van der Waals surface area contributed by atoms with Crippen molar-refractivity contribution in [2.24, 2.45) is 0 Å². The Kier molecular flexibility index (Phi) is 2.98. The average molecular weight is 259 g/mol. The van der Waals surface area contributed by atoms with E-state index in [-0.39, 0.29) is 0 Å². The molecule has 2 nitrogen and oxygen atoms in total. The molecule has 0 aliphatic carbocycles. The zero-order valence-electron chi connectivity index (χ0n) is 10.3. The van der Waals surface area contributed by atoms with Crippen LogP contribution in [0.3, 0.4) is 0 Å². The number of rotatable bonds is 2. The maximum atomic E-state index is 6.14. The van der Waals surface area contributed by atoms with Crippen LogP contribution < -0.4 is 5.32 Å². The number of nitrogens with zero attached hydrogens (tertiary/aromatic N) is 1. The molecule has 3 heteroatoms. The number of anilines is 2. The zero-order valence-corrected chi connectivity index (χ0v) is 11.0. The summed E-state index contributed by atoms with van der Waals surface area (Å²) in [7, 11) is 2.14. The molecule has 0 unspecified atom stereocenters. The SMILES string of the molecule is CN1Cc2ccc(Nc3ccccc3Cl)cc2C1. The molecule has 0 saturated carbocycles. The van der Waals surface area contributed by atoms with E-state index in [9.17, 15) is 0 Å². The van der Waals surface area contributed by atoms with Gasteiger partial charge in [-0.05, 0) is 42.4 Å². The number of fused-ring (bicyclic) bond motifs is 1. The molecule has 0 bridgehead atoms. The molecule has 0 atom stereocenters. The normalized spacial score (nSPS) is 14.6. The minimum Gasteiger partial charge on any atom is -0.354 e. The number of halogens is 1. The summed E-state index contributed by atoms with van der Waals surface area (Å²) >= 11 is 6.14. The fraction of sp³-hybridized carbons (Fsp3) is 0.200. The maximum Gasteiger partial charge on any atom is 0.0640 e. The highest BCUT2D eigenvalue weighted by Gasteiger charge is 2.15. The minimum absolute atomic E-state index is 0.745. The van der Waals surface area contributed by atoms with Gasteiger partial charge in [-0.25, -0.2) is 0 Å². The van der Waals surface area contributed by atoms with E-state index in [1.807, 2.05) is 24.3 Å². The van der Waals surface area contributed by atoms with Gasteiger partial charge >= 0.3 is 0 Å². The standard InChI is InChI=1S/C15H15ClN2/c1-18-9-11-6-7-13(8-12(11)10-18)17-15-5-3-2-4-14(15)16/h2-8,17H,9-10H2,1H3. The second-order valence-electron chi connectivity index (χ2n) is 4.76. The van der Waals surface area contributed by atoms with Gasteiger partial charge in [-0.15, -0.1) is 0 Å². The summed E-state index contributed by atoms with van der Waals surface area (Å²) in [4.78, 5) is 2.31.